The molecule has 10 heteroatoms. The molecule has 0 spiro atoms. The van der Waals surface area contributed by atoms with Crippen LogP contribution in [0.3, 0.4) is 0 Å². The smallest absolute Gasteiger partial charge is 0.332 e. The Morgan fingerprint density at radius 2 is 2.08 bits per heavy atom. The van der Waals surface area contributed by atoms with Gasteiger partial charge in [-0.2, -0.15) is 0 Å². The van der Waals surface area contributed by atoms with Crippen LogP contribution in [-0.2, 0) is 23.6 Å². The number of hydrogen-bond acceptors (Lipinski definition) is 7. The van der Waals surface area contributed by atoms with E-state index in [1.807, 2.05) is 0 Å². The number of rotatable bonds is 3. The van der Waals surface area contributed by atoms with E-state index >= 15 is 0 Å². The summed E-state index contributed by atoms with van der Waals surface area (Å²) < 4.78 is 14.4. The van der Waals surface area contributed by atoms with Gasteiger partial charge in [-0.3, -0.25) is 13.9 Å². The van der Waals surface area contributed by atoms with Crippen LogP contribution in [0.15, 0.2) is 15.9 Å². The third-order valence-electron chi connectivity index (χ3n) is 4.51. The van der Waals surface area contributed by atoms with Gasteiger partial charge in [0.25, 0.3) is 5.56 Å². The number of methoxy groups -OCH3 is 1. The molecule has 2 aromatic rings. The average molecular weight is 340 g/mol. The van der Waals surface area contributed by atoms with E-state index in [4.69, 9.17) is 9.47 Å². The molecule has 0 saturated carbocycles. The van der Waals surface area contributed by atoms with Crippen molar-refractivity contribution < 1.29 is 19.7 Å². The fourth-order valence-corrected chi connectivity index (χ4v) is 3.11. The lowest BCUT2D eigenvalue weighted by atomic mass is 9.98. The number of aromatic nitrogens is 4. The molecule has 2 N–H and O–H groups in total. The zero-order valence-electron chi connectivity index (χ0n) is 13.6. The first-order chi connectivity index (χ1) is 11.4. The molecule has 1 aliphatic heterocycles. The normalized spacial score (nSPS) is 27.7. The lowest BCUT2D eigenvalue weighted by Crippen LogP contribution is -2.48. The van der Waals surface area contributed by atoms with Gasteiger partial charge in [-0.25, -0.2) is 9.78 Å². The second kappa shape index (κ2) is 6.13. The summed E-state index contributed by atoms with van der Waals surface area (Å²) in [5.74, 6) is 0. The van der Waals surface area contributed by atoms with Gasteiger partial charge in [-0.15, -0.1) is 0 Å². The van der Waals surface area contributed by atoms with Crippen molar-refractivity contribution in [2.75, 3.05) is 13.7 Å². The Kier molecular flexibility index (Phi) is 4.30. The van der Waals surface area contributed by atoms with Crippen LogP contribution in [0.4, 0.5) is 0 Å². The Balaban J connectivity index is 2.19. The molecule has 0 radical (unpaired) electrons. The predicted molar refractivity (Wildman–Crippen MR) is 82.6 cm³/mol. The molecular weight excluding hydrogens is 320 g/mol. The highest BCUT2D eigenvalue weighted by atomic mass is 16.7. The Morgan fingerprint density at radius 3 is 2.71 bits per heavy atom. The Bertz CT molecular complexity index is 868. The monoisotopic (exact) mass is 340 g/mol. The summed E-state index contributed by atoms with van der Waals surface area (Å²) in [4.78, 5) is 28.7. The summed E-state index contributed by atoms with van der Waals surface area (Å²) in [5, 5.41) is 19.9. The number of ether oxygens (including phenoxy) is 2. The lowest BCUT2D eigenvalue weighted by Gasteiger charge is -2.38. The highest BCUT2D eigenvalue weighted by molar-refractivity contribution is 5.70. The first-order valence-corrected chi connectivity index (χ1v) is 7.50. The lowest BCUT2D eigenvalue weighted by molar-refractivity contribution is -0.233. The molecule has 10 nitrogen and oxygen atoms in total. The summed E-state index contributed by atoms with van der Waals surface area (Å²) in [7, 11) is 4.37. The molecule has 3 rings (SSSR count). The number of imidazole rings is 1. The summed E-state index contributed by atoms with van der Waals surface area (Å²) in [6.07, 6.45) is -0.857. The van der Waals surface area contributed by atoms with Gasteiger partial charge in [0.1, 0.15) is 12.2 Å². The summed E-state index contributed by atoms with van der Waals surface area (Å²) in [6.45, 7) is -0.388. The zero-order valence-corrected chi connectivity index (χ0v) is 13.6. The van der Waals surface area contributed by atoms with Crippen LogP contribution in [0.5, 0.6) is 0 Å². The van der Waals surface area contributed by atoms with Crippen molar-refractivity contribution in [2.24, 2.45) is 14.1 Å². The van der Waals surface area contributed by atoms with E-state index in [9.17, 15) is 19.8 Å². The molecule has 0 aromatic carbocycles. The van der Waals surface area contributed by atoms with Crippen LogP contribution < -0.4 is 11.2 Å². The van der Waals surface area contributed by atoms with Crippen molar-refractivity contribution in [3.05, 3.63) is 27.2 Å². The highest BCUT2D eigenvalue weighted by Crippen LogP contribution is 2.31. The highest BCUT2D eigenvalue weighted by Gasteiger charge is 2.39. The first kappa shape index (κ1) is 16.8. The van der Waals surface area contributed by atoms with Crippen LogP contribution in [-0.4, -0.2) is 61.1 Å². The summed E-state index contributed by atoms with van der Waals surface area (Å²) in [6, 6.07) is -0.587. The SMILES string of the molecule is CO[C@H]1C[C@@H](n2cnc3c2c(=O)n(C)c(=O)n3C)[C@H](O)[C@@H](CO)O1. The molecule has 0 unspecified atom stereocenters. The topological polar surface area (TPSA) is 121 Å². The van der Waals surface area contributed by atoms with E-state index in [0.717, 1.165) is 4.57 Å². The van der Waals surface area contributed by atoms with Crippen LogP contribution >= 0.6 is 0 Å². The first-order valence-electron chi connectivity index (χ1n) is 7.50. The molecule has 24 heavy (non-hydrogen) atoms. The molecule has 1 fully saturated rings. The van der Waals surface area contributed by atoms with Gasteiger partial charge in [0.05, 0.1) is 19.0 Å². The van der Waals surface area contributed by atoms with Crippen molar-refractivity contribution in [1.29, 1.82) is 0 Å². The van der Waals surface area contributed by atoms with Crippen molar-refractivity contribution >= 4 is 11.2 Å². The van der Waals surface area contributed by atoms with Crippen LogP contribution in [0.25, 0.3) is 11.2 Å². The molecule has 132 valence electrons. The van der Waals surface area contributed by atoms with Gasteiger partial charge >= 0.3 is 5.69 Å². The van der Waals surface area contributed by atoms with Gasteiger partial charge in [0.2, 0.25) is 0 Å². The molecule has 1 aliphatic rings. The number of aliphatic hydroxyl groups excluding tert-OH is 2. The predicted octanol–water partition coefficient (Wildman–Crippen LogP) is -1.91. The van der Waals surface area contributed by atoms with E-state index in [0.29, 0.717) is 0 Å². The average Bonchev–Trinajstić information content (AvgIpc) is 3.03. The number of fused-ring (bicyclic) bond motifs is 1. The van der Waals surface area contributed by atoms with E-state index in [1.54, 1.807) is 0 Å². The molecule has 2 aromatic heterocycles. The third kappa shape index (κ3) is 2.38. The van der Waals surface area contributed by atoms with Gasteiger partial charge in [0.15, 0.2) is 17.5 Å². The van der Waals surface area contributed by atoms with Crippen molar-refractivity contribution in [3.8, 4) is 0 Å². The van der Waals surface area contributed by atoms with Crippen LogP contribution in [0.1, 0.15) is 12.5 Å². The van der Waals surface area contributed by atoms with Crippen molar-refractivity contribution in [1.82, 2.24) is 18.7 Å². The minimum absolute atomic E-state index is 0.206. The standard InChI is InChI=1S/C14H20N4O6/c1-16-12-10(13(21)17(2)14(16)22)18(6-15-12)7-4-9(23-3)24-8(5-19)11(7)20/h6-9,11,19-20H,4-5H2,1-3H3/t7-,8-,9-,11+/m1/s1. The van der Waals surface area contributed by atoms with E-state index < -0.39 is 35.8 Å². The zero-order chi connectivity index (χ0) is 17.6. The number of nitrogens with zero attached hydrogens (tertiary/aromatic N) is 4. The van der Waals surface area contributed by atoms with Gasteiger partial charge < -0.3 is 24.3 Å². The summed E-state index contributed by atoms with van der Waals surface area (Å²) >= 11 is 0. The Hall–Kier alpha value is -2.01. The molecule has 0 amide bonds. The number of aryl methyl sites for hydroxylation is 1. The minimum atomic E-state index is -1.05. The van der Waals surface area contributed by atoms with Crippen molar-refractivity contribution in [3.63, 3.8) is 0 Å². The number of aliphatic hydroxyl groups is 2. The minimum Gasteiger partial charge on any atom is -0.394 e. The quantitative estimate of drug-likeness (QED) is 0.669. The molecule has 4 atom stereocenters. The van der Waals surface area contributed by atoms with Gasteiger partial charge in [-0.1, -0.05) is 0 Å². The molecular formula is C14H20N4O6. The van der Waals surface area contributed by atoms with Crippen molar-refractivity contribution in [2.45, 2.75) is 31.0 Å². The maximum atomic E-state index is 12.5. The maximum absolute atomic E-state index is 12.5. The fraction of sp³-hybridized carbons (Fsp3) is 0.643. The maximum Gasteiger partial charge on any atom is 0.332 e. The van der Waals surface area contributed by atoms with Gasteiger partial charge in [-0.05, 0) is 0 Å². The third-order valence-corrected chi connectivity index (χ3v) is 4.51. The van der Waals surface area contributed by atoms with E-state index in [2.05, 4.69) is 4.98 Å². The molecule has 3 heterocycles. The van der Waals surface area contributed by atoms with Gasteiger partial charge in [0, 0.05) is 27.6 Å². The van der Waals surface area contributed by atoms with E-state index in [-0.39, 0.29) is 24.2 Å². The second-order valence-corrected chi connectivity index (χ2v) is 5.85. The largest absolute Gasteiger partial charge is 0.394 e. The Morgan fingerprint density at radius 1 is 1.38 bits per heavy atom. The van der Waals surface area contributed by atoms with Crippen LogP contribution in [0.2, 0.25) is 0 Å². The molecule has 0 bridgehead atoms. The molecule has 1 saturated heterocycles. The fourth-order valence-electron chi connectivity index (χ4n) is 3.11. The summed E-state index contributed by atoms with van der Waals surface area (Å²) in [5.41, 5.74) is -0.541. The Labute approximate surface area is 136 Å². The second-order valence-electron chi connectivity index (χ2n) is 5.85. The molecule has 0 aliphatic carbocycles. The van der Waals surface area contributed by atoms with Crippen LogP contribution in [0, 0.1) is 0 Å². The number of hydrogen-bond donors (Lipinski definition) is 2. The van der Waals surface area contributed by atoms with E-state index in [1.165, 1.54) is 36.7 Å².